The van der Waals surface area contributed by atoms with E-state index in [1.54, 1.807) is 48.5 Å². The number of nitrogens with zero attached hydrogens (tertiary/aromatic N) is 3. The number of para-hydroxylation sites is 1. The van der Waals surface area contributed by atoms with E-state index in [0.717, 1.165) is 14.2 Å². The van der Waals surface area contributed by atoms with Crippen molar-refractivity contribution in [2.45, 2.75) is 38.9 Å². The van der Waals surface area contributed by atoms with E-state index in [9.17, 15) is 18.0 Å². The summed E-state index contributed by atoms with van der Waals surface area (Å²) in [5.41, 5.74) is 1.92. The van der Waals surface area contributed by atoms with E-state index in [2.05, 4.69) is 5.32 Å². The van der Waals surface area contributed by atoms with Crippen molar-refractivity contribution in [3.05, 3.63) is 101 Å². The van der Waals surface area contributed by atoms with Crippen LogP contribution < -0.4 is 9.62 Å². The minimum Gasteiger partial charge on any atom is -0.352 e. The zero-order chi connectivity index (χ0) is 28.6. The summed E-state index contributed by atoms with van der Waals surface area (Å²) in [6.45, 7) is 3.27. The van der Waals surface area contributed by atoms with E-state index >= 15 is 0 Å². The Labute approximate surface area is 236 Å². The number of nitrogens with one attached hydrogen (secondary N) is 1. The maximum atomic E-state index is 14.1. The highest BCUT2D eigenvalue weighted by molar-refractivity contribution is 7.90. The van der Waals surface area contributed by atoms with Crippen molar-refractivity contribution in [2.75, 3.05) is 24.9 Å². The third-order valence-corrected chi connectivity index (χ3v) is 8.06. The number of benzene rings is 3. The summed E-state index contributed by atoms with van der Waals surface area (Å²) >= 11 is 6.23. The van der Waals surface area contributed by atoms with Crippen LogP contribution in [-0.2, 0) is 32.8 Å². The first-order chi connectivity index (χ1) is 18.5. The summed E-state index contributed by atoms with van der Waals surface area (Å²) in [5.74, 6) is -0.852. The molecule has 39 heavy (non-hydrogen) atoms. The molecule has 0 aliphatic rings. The summed E-state index contributed by atoms with van der Waals surface area (Å²) < 4.78 is 28.7. The predicted octanol–water partition coefficient (Wildman–Crippen LogP) is 4.12. The number of rotatable bonds is 12. The topological polar surface area (TPSA) is 90.0 Å². The lowest BCUT2D eigenvalue weighted by Gasteiger charge is -2.34. The van der Waals surface area contributed by atoms with Gasteiger partial charge in [-0.3, -0.25) is 9.59 Å². The van der Waals surface area contributed by atoms with Crippen LogP contribution in [0.3, 0.4) is 0 Å². The van der Waals surface area contributed by atoms with Gasteiger partial charge in [0.2, 0.25) is 11.8 Å². The van der Waals surface area contributed by atoms with Gasteiger partial charge in [-0.1, -0.05) is 72.3 Å². The highest BCUT2D eigenvalue weighted by Crippen LogP contribution is 2.22. The second kappa shape index (κ2) is 13.6. The minimum atomic E-state index is -4.03. The van der Waals surface area contributed by atoms with Crippen LogP contribution in [0, 0.1) is 0 Å². The molecule has 1 N–H and O–H groups in total. The lowest BCUT2D eigenvalue weighted by Crippen LogP contribution is -2.55. The minimum absolute atomic E-state index is 0.0625. The molecule has 10 heteroatoms. The fourth-order valence-corrected chi connectivity index (χ4v) is 5.35. The maximum absolute atomic E-state index is 14.1. The molecule has 3 aromatic carbocycles. The summed E-state index contributed by atoms with van der Waals surface area (Å²) in [6.07, 6.45) is 0.247. The molecule has 0 spiro atoms. The molecular weight excluding hydrogens is 536 g/mol. The molecule has 0 aliphatic carbocycles. The van der Waals surface area contributed by atoms with Crippen molar-refractivity contribution in [1.82, 2.24) is 14.5 Å². The van der Waals surface area contributed by atoms with Gasteiger partial charge < -0.3 is 10.2 Å². The zero-order valence-corrected chi connectivity index (χ0v) is 24.2. The number of halogens is 1. The molecule has 2 amide bonds. The summed E-state index contributed by atoms with van der Waals surface area (Å²) in [7, 11) is -1.21. The Hall–Kier alpha value is -3.40. The Kier molecular flexibility index (Phi) is 10.5. The smallest absolute Gasteiger partial charge is 0.304 e. The van der Waals surface area contributed by atoms with E-state index < -0.39 is 28.7 Å². The van der Waals surface area contributed by atoms with Crippen molar-refractivity contribution >= 4 is 39.3 Å². The first kappa shape index (κ1) is 30.1. The van der Waals surface area contributed by atoms with Crippen LogP contribution in [0.2, 0.25) is 5.02 Å². The van der Waals surface area contributed by atoms with Crippen molar-refractivity contribution in [3.8, 4) is 0 Å². The van der Waals surface area contributed by atoms with Crippen LogP contribution in [0.1, 0.15) is 25.0 Å². The van der Waals surface area contributed by atoms with Gasteiger partial charge in [-0.15, -0.1) is 0 Å². The van der Waals surface area contributed by atoms with Crippen LogP contribution in [0.25, 0.3) is 0 Å². The summed E-state index contributed by atoms with van der Waals surface area (Å²) in [6, 6.07) is 23.8. The average molecular weight is 571 g/mol. The van der Waals surface area contributed by atoms with Crippen molar-refractivity contribution < 1.29 is 18.0 Å². The summed E-state index contributed by atoms with van der Waals surface area (Å²) in [5, 5.41) is 3.42. The lowest BCUT2D eigenvalue weighted by atomic mass is 10.0. The average Bonchev–Trinajstić information content (AvgIpc) is 2.89. The fourth-order valence-electron chi connectivity index (χ4n) is 4.08. The van der Waals surface area contributed by atoms with E-state index in [4.69, 9.17) is 11.6 Å². The zero-order valence-electron chi connectivity index (χ0n) is 22.6. The third-order valence-electron chi connectivity index (χ3n) is 6.01. The van der Waals surface area contributed by atoms with Crippen LogP contribution in [0.4, 0.5) is 5.69 Å². The van der Waals surface area contributed by atoms with E-state index in [0.29, 0.717) is 16.3 Å². The Morgan fingerprint density at radius 3 is 2.03 bits per heavy atom. The van der Waals surface area contributed by atoms with Gasteiger partial charge in [0, 0.05) is 38.1 Å². The number of anilines is 1. The van der Waals surface area contributed by atoms with Crippen LogP contribution in [-0.4, -0.2) is 62.2 Å². The Balaban J connectivity index is 2.08. The third kappa shape index (κ3) is 8.29. The molecular formula is C29H35ClN4O4S. The second-order valence-corrected chi connectivity index (χ2v) is 12.2. The molecule has 0 bridgehead atoms. The molecule has 0 saturated heterocycles. The first-order valence-electron chi connectivity index (χ1n) is 12.6. The van der Waals surface area contributed by atoms with Gasteiger partial charge in [-0.2, -0.15) is 12.7 Å². The van der Waals surface area contributed by atoms with Gasteiger partial charge >= 0.3 is 10.2 Å². The van der Waals surface area contributed by atoms with Gasteiger partial charge in [-0.05, 0) is 49.2 Å². The number of carbonyl (C=O) groups is 2. The molecule has 0 radical (unpaired) electrons. The highest BCUT2D eigenvalue weighted by Gasteiger charge is 2.34. The van der Waals surface area contributed by atoms with E-state index in [1.807, 2.05) is 50.2 Å². The standard InChI is InChI=1S/C29H35ClN4O4S/c1-22(2)31-29(36)27(19-23-12-7-5-8-13-23)33(20-24-14-11-15-25(30)18-24)28(35)21-34(39(37,38)32(3)4)26-16-9-6-10-17-26/h5-18,22,27H,19-21H2,1-4H3,(H,31,36). The Morgan fingerprint density at radius 2 is 1.46 bits per heavy atom. The van der Waals surface area contributed by atoms with Crippen molar-refractivity contribution in [1.29, 1.82) is 0 Å². The number of hydrogen-bond donors (Lipinski definition) is 1. The quantitative estimate of drug-likeness (QED) is 0.355. The molecule has 0 aromatic heterocycles. The van der Waals surface area contributed by atoms with Crippen LogP contribution in [0.5, 0.6) is 0 Å². The maximum Gasteiger partial charge on any atom is 0.304 e. The molecule has 8 nitrogen and oxygen atoms in total. The molecule has 0 aliphatic heterocycles. The monoisotopic (exact) mass is 570 g/mol. The predicted molar refractivity (Wildman–Crippen MR) is 156 cm³/mol. The largest absolute Gasteiger partial charge is 0.352 e. The molecule has 0 fully saturated rings. The SMILES string of the molecule is CC(C)NC(=O)C(Cc1ccccc1)N(Cc1cccc(Cl)c1)C(=O)CN(c1ccccc1)S(=O)(=O)N(C)C. The van der Waals surface area contributed by atoms with Gasteiger partial charge in [-0.25, -0.2) is 4.31 Å². The lowest BCUT2D eigenvalue weighted by molar-refractivity contribution is -0.140. The van der Waals surface area contributed by atoms with Gasteiger partial charge in [0.05, 0.1) is 5.69 Å². The van der Waals surface area contributed by atoms with Crippen LogP contribution >= 0.6 is 11.6 Å². The Morgan fingerprint density at radius 1 is 0.872 bits per heavy atom. The normalized spacial score (nSPS) is 12.3. The first-order valence-corrected chi connectivity index (χ1v) is 14.4. The van der Waals surface area contributed by atoms with Crippen LogP contribution in [0.15, 0.2) is 84.9 Å². The number of hydrogen-bond acceptors (Lipinski definition) is 4. The van der Waals surface area contributed by atoms with Crippen molar-refractivity contribution in [3.63, 3.8) is 0 Å². The van der Waals surface area contributed by atoms with Gasteiger partial charge in [0.15, 0.2) is 0 Å². The van der Waals surface area contributed by atoms with Crippen molar-refractivity contribution in [2.24, 2.45) is 0 Å². The number of carbonyl (C=O) groups excluding carboxylic acids is 2. The fraction of sp³-hybridized carbons (Fsp3) is 0.310. The van der Waals surface area contributed by atoms with Gasteiger partial charge in [0.1, 0.15) is 12.6 Å². The Bertz CT molecular complexity index is 1350. The van der Waals surface area contributed by atoms with Gasteiger partial charge in [0.25, 0.3) is 0 Å². The highest BCUT2D eigenvalue weighted by atomic mass is 35.5. The summed E-state index contributed by atoms with van der Waals surface area (Å²) in [4.78, 5) is 29.1. The van der Waals surface area contributed by atoms with E-state index in [-0.39, 0.29) is 24.9 Å². The molecule has 1 atom stereocenters. The molecule has 3 rings (SSSR count). The number of amides is 2. The molecule has 0 heterocycles. The molecule has 1 unspecified atom stereocenters. The molecule has 3 aromatic rings. The second-order valence-electron chi connectivity index (χ2n) is 9.65. The molecule has 0 saturated carbocycles. The van der Waals surface area contributed by atoms with E-state index in [1.165, 1.54) is 19.0 Å². The molecule has 208 valence electrons.